The van der Waals surface area contributed by atoms with Crippen LogP contribution >= 0.6 is 7.26 Å². The molecule has 0 aliphatic rings. The molecular weight excluding hydrogens is 135 g/mol. The number of imidazole rings is 1. The number of hydrogen-bond acceptors (Lipinski definition) is 2. The van der Waals surface area contributed by atoms with Crippen LogP contribution < -0.4 is 0 Å². The van der Waals surface area contributed by atoms with Gasteiger partial charge >= 0.3 is 0 Å². The van der Waals surface area contributed by atoms with Crippen LogP contribution in [0.4, 0.5) is 0 Å². The third-order valence-corrected chi connectivity index (χ3v) is 2.22. The first-order valence-corrected chi connectivity index (χ1v) is 4.86. The normalized spacial score (nSPS) is 17.1. The van der Waals surface area contributed by atoms with Crippen LogP contribution in [0.5, 0.6) is 0 Å². The monoisotopic (exact) mass is 144 g/mol. The van der Waals surface area contributed by atoms with E-state index in [2.05, 4.69) is 11.3 Å². The molecule has 3 nitrogen and oxygen atoms in total. The average molecular weight is 144 g/mol. The molecule has 1 rings (SSSR count). The molecule has 1 aromatic rings. The van der Waals surface area contributed by atoms with E-state index >= 15 is 0 Å². The molecule has 1 aromatic heterocycles. The molecule has 50 valence electrons. The van der Waals surface area contributed by atoms with Crippen molar-refractivity contribution in [1.29, 1.82) is 0 Å². The molecule has 0 spiro atoms. The van der Waals surface area contributed by atoms with Gasteiger partial charge in [0.25, 0.3) is 0 Å². The zero-order valence-electron chi connectivity index (χ0n) is 5.23. The molecule has 0 amide bonds. The molecule has 0 radical (unpaired) electrons. The minimum atomic E-state index is -2.12. The van der Waals surface area contributed by atoms with Crippen molar-refractivity contribution in [2.75, 3.05) is 6.66 Å². The molecular formula is C5H9N2OP. The second-order valence-corrected chi connectivity index (χ2v) is 4.67. The van der Waals surface area contributed by atoms with Gasteiger partial charge in [-0.2, -0.15) is 0 Å². The minimum Gasteiger partial charge on any atom is -0.358 e. The van der Waals surface area contributed by atoms with Gasteiger partial charge in [0, 0.05) is 12.4 Å². The highest BCUT2D eigenvalue weighted by Crippen LogP contribution is 2.35. The highest BCUT2D eigenvalue weighted by molar-refractivity contribution is 7.65. The molecule has 1 N–H and O–H groups in total. The van der Waals surface area contributed by atoms with Gasteiger partial charge in [0.15, 0.2) is 0 Å². The molecule has 0 bridgehead atoms. The summed E-state index contributed by atoms with van der Waals surface area (Å²) in [5.41, 5.74) is 0. The van der Waals surface area contributed by atoms with Gasteiger partial charge in [-0.05, 0) is 6.66 Å². The molecule has 1 unspecified atom stereocenters. The average Bonchev–Trinajstić information content (AvgIpc) is 2.08. The van der Waals surface area contributed by atoms with Crippen molar-refractivity contribution >= 4 is 13.6 Å². The highest BCUT2D eigenvalue weighted by atomic mass is 31.2. The van der Waals surface area contributed by atoms with Crippen LogP contribution in [0.15, 0.2) is 18.7 Å². The van der Waals surface area contributed by atoms with Crippen LogP contribution in [0.3, 0.4) is 0 Å². The largest absolute Gasteiger partial charge is 0.358 e. The Morgan fingerprint density at radius 2 is 2.44 bits per heavy atom. The summed E-state index contributed by atoms with van der Waals surface area (Å²) in [5, 5.41) is 0. The van der Waals surface area contributed by atoms with E-state index in [4.69, 9.17) is 0 Å². The van der Waals surface area contributed by atoms with Gasteiger partial charge in [-0.1, -0.05) is 6.30 Å². The van der Waals surface area contributed by atoms with Gasteiger partial charge in [-0.25, -0.2) is 4.98 Å². The summed E-state index contributed by atoms with van der Waals surface area (Å²) in [5.74, 6) is 0. The van der Waals surface area contributed by atoms with Gasteiger partial charge in [-0.15, -0.1) is 0 Å². The Bertz CT molecular complexity index is 223. The first-order valence-electron chi connectivity index (χ1n) is 2.53. The molecule has 0 saturated heterocycles. The van der Waals surface area contributed by atoms with E-state index in [1.807, 2.05) is 0 Å². The van der Waals surface area contributed by atoms with Gasteiger partial charge in [0.05, 0.1) is 13.6 Å². The van der Waals surface area contributed by atoms with Crippen molar-refractivity contribution in [2.45, 2.75) is 0 Å². The molecule has 9 heavy (non-hydrogen) atoms. The first kappa shape index (κ1) is 6.59. The fraction of sp³-hybridized carbons (Fsp3) is 0.200. The van der Waals surface area contributed by atoms with E-state index in [1.54, 1.807) is 29.7 Å². The van der Waals surface area contributed by atoms with E-state index in [0.29, 0.717) is 0 Å². The molecule has 0 aliphatic heterocycles. The minimum absolute atomic E-state index is 1.57. The molecule has 0 fully saturated rings. The van der Waals surface area contributed by atoms with Crippen molar-refractivity contribution in [3.8, 4) is 0 Å². The summed E-state index contributed by atoms with van der Waals surface area (Å²) in [4.78, 5) is 13.1. The van der Waals surface area contributed by atoms with E-state index in [-0.39, 0.29) is 0 Å². The van der Waals surface area contributed by atoms with E-state index in [1.165, 1.54) is 0 Å². The lowest BCUT2D eigenvalue weighted by molar-refractivity contribution is 0.615. The van der Waals surface area contributed by atoms with Crippen molar-refractivity contribution in [1.82, 2.24) is 9.32 Å². The summed E-state index contributed by atoms with van der Waals surface area (Å²) in [6.07, 6.45) is 8.51. The molecule has 1 atom stereocenters. The van der Waals surface area contributed by atoms with E-state index < -0.39 is 7.26 Å². The van der Waals surface area contributed by atoms with Crippen LogP contribution in [-0.2, 0) is 0 Å². The maximum atomic E-state index is 9.30. The van der Waals surface area contributed by atoms with Gasteiger partial charge in [0.2, 0.25) is 0 Å². The molecule has 0 saturated carbocycles. The third-order valence-electron chi connectivity index (χ3n) is 0.988. The number of nitrogens with zero attached hydrogens (tertiary/aromatic N) is 2. The lowest BCUT2D eigenvalue weighted by Gasteiger charge is -2.10. The third kappa shape index (κ3) is 1.44. The van der Waals surface area contributed by atoms with Crippen LogP contribution in [0.1, 0.15) is 0 Å². The molecule has 4 heteroatoms. The van der Waals surface area contributed by atoms with Crippen molar-refractivity contribution in [2.24, 2.45) is 0 Å². The number of aromatic nitrogens is 2. The Morgan fingerprint density at radius 1 is 1.78 bits per heavy atom. The molecule has 1 heterocycles. The highest BCUT2D eigenvalue weighted by Gasteiger charge is 2.00. The first-order chi connectivity index (χ1) is 4.11. The quantitative estimate of drug-likeness (QED) is 0.587. The standard InChI is InChI=1S/C5H9N2OP/c1-9(2,8)7-4-3-6-5-7/h3-5,8H,1H2,2H3. The lowest BCUT2D eigenvalue weighted by atomic mass is 11.0. The maximum absolute atomic E-state index is 9.30. The predicted molar refractivity (Wildman–Crippen MR) is 39.8 cm³/mol. The fourth-order valence-electron chi connectivity index (χ4n) is 0.507. The number of rotatable bonds is 1. The summed E-state index contributed by atoms with van der Waals surface area (Å²) in [6, 6.07) is 0. The smallest absolute Gasteiger partial charge is 0.0995 e. The Labute approximate surface area is 54.1 Å². The summed E-state index contributed by atoms with van der Waals surface area (Å²) in [7, 11) is -2.12. The summed E-state index contributed by atoms with van der Waals surface area (Å²) < 4.78 is 1.63. The SMILES string of the molecule is C=P(C)(O)n1ccnc1. The van der Waals surface area contributed by atoms with E-state index in [0.717, 1.165) is 0 Å². The van der Waals surface area contributed by atoms with Crippen LogP contribution in [0.2, 0.25) is 0 Å². The fourth-order valence-corrected chi connectivity index (χ4v) is 1.14. The Kier molecular flexibility index (Phi) is 1.47. The Morgan fingerprint density at radius 3 is 2.67 bits per heavy atom. The number of hydrogen-bond donors (Lipinski definition) is 1. The summed E-state index contributed by atoms with van der Waals surface area (Å²) >= 11 is 0. The van der Waals surface area contributed by atoms with E-state index in [9.17, 15) is 4.89 Å². The lowest BCUT2D eigenvalue weighted by Crippen LogP contribution is -1.89. The second kappa shape index (κ2) is 2.01. The van der Waals surface area contributed by atoms with Crippen LogP contribution in [-0.4, -0.2) is 27.2 Å². The van der Waals surface area contributed by atoms with Gasteiger partial charge in [-0.3, -0.25) is 4.34 Å². The Balaban J connectivity index is 3.04. The zero-order valence-corrected chi connectivity index (χ0v) is 6.12. The van der Waals surface area contributed by atoms with Crippen LogP contribution in [0, 0.1) is 0 Å². The van der Waals surface area contributed by atoms with Crippen molar-refractivity contribution in [3.05, 3.63) is 18.7 Å². The topological polar surface area (TPSA) is 38.0 Å². The molecule has 0 aliphatic carbocycles. The molecule has 0 aromatic carbocycles. The van der Waals surface area contributed by atoms with Crippen molar-refractivity contribution in [3.63, 3.8) is 0 Å². The van der Waals surface area contributed by atoms with Gasteiger partial charge in [0.1, 0.15) is 0 Å². The maximum Gasteiger partial charge on any atom is 0.0995 e. The Hall–Kier alpha value is -0.530. The zero-order chi connectivity index (χ0) is 6.91. The predicted octanol–water partition coefficient (Wildman–Crippen LogP) is 0.633. The summed E-state index contributed by atoms with van der Waals surface area (Å²) in [6.45, 7) is 1.70. The van der Waals surface area contributed by atoms with Crippen molar-refractivity contribution < 1.29 is 4.89 Å². The van der Waals surface area contributed by atoms with Crippen LogP contribution in [0.25, 0.3) is 0 Å². The van der Waals surface area contributed by atoms with Gasteiger partial charge < -0.3 is 4.89 Å². The second-order valence-electron chi connectivity index (χ2n) is 2.03.